The lowest BCUT2D eigenvalue weighted by Crippen LogP contribution is -2.50. The van der Waals surface area contributed by atoms with Gasteiger partial charge in [-0.2, -0.15) is 0 Å². The van der Waals surface area contributed by atoms with Crippen LogP contribution in [0.4, 0.5) is 0 Å². The van der Waals surface area contributed by atoms with E-state index in [0.717, 1.165) is 50.0 Å². The maximum atomic E-state index is 11.9. The van der Waals surface area contributed by atoms with Crippen molar-refractivity contribution in [3.8, 4) is 11.5 Å². The Bertz CT molecular complexity index is 1120. The Labute approximate surface area is 210 Å². The number of benzene rings is 2. The molecule has 2 aromatic rings. The summed E-state index contributed by atoms with van der Waals surface area (Å²) in [6, 6.07) is 13.4. The minimum atomic E-state index is -1.44. The number of amides is 1. The first-order valence-corrected chi connectivity index (χ1v) is 14.3. The fourth-order valence-electron chi connectivity index (χ4n) is 7.67. The maximum Gasteiger partial charge on any atom is 0.381 e. The smallest absolute Gasteiger partial charge is 0.381 e. The van der Waals surface area contributed by atoms with Gasteiger partial charge in [0.15, 0.2) is 0 Å². The Kier molecular flexibility index (Phi) is 5.29. The molecule has 0 unspecified atom stereocenters. The molecule has 2 aromatic carbocycles. The molecule has 0 bridgehead atoms. The molecule has 1 amide bonds. The van der Waals surface area contributed by atoms with Crippen molar-refractivity contribution in [2.24, 2.45) is 0 Å². The van der Waals surface area contributed by atoms with Gasteiger partial charge in [-0.1, -0.05) is 64.8 Å². The van der Waals surface area contributed by atoms with Crippen molar-refractivity contribution in [3.05, 3.63) is 58.7 Å². The minimum Gasteiger partial charge on any atom is -0.427 e. The second-order valence-electron chi connectivity index (χ2n) is 12.3. The van der Waals surface area contributed by atoms with Gasteiger partial charge in [0.2, 0.25) is 5.91 Å². The van der Waals surface area contributed by atoms with Crippen molar-refractivity contribution >= 4 is 14.4 Å². The molecule has 6 rings (SSSR count). The Balaban J connectivity index is 1.47. The molecule has 6 heteroatoms. The lowest BCUT2D eigenvalue weighted by molar-refractivity contribution is -0.120. The molecule has 1 aliphatic heterocycles. The van der Waals surface area contributed by atoms with E-state index in [2.05, 4.69) is 74.5 Å². The molecule has 0 radical (unpaired) electrons. The standard InChI is InChI=1S/C29H37N2O3P/c1-18(32)30-21-12-6-7-13-22(21)31-35-33-23-14-8-10-19-25(23)29(16-27(19,2)3)17-28(4,5)20-11-9-15-24(34-35)26(20)29/h8-11,14-15,21-22,31H,6-7,12-13,16-17H2,1-5H3,(H,30,32)/t21-,22-,29?/m0/s1. The van der Waals surface area contributed by atoms with E-state index in [1.165, 1.54) is 22.3 Å². The number of hydrogen-bond donors (Lipinski definition) is 2. The fourth-order valence-corrected chi connectivity index (χ4v) is 9.06. The van der Waals surface area contributed by atoms with E-state index in [0.29, 0.717) is 0 Å². The van der Waals surface area contributed by atoms with Gasteiger partial charge in [-0.3, -0.25) is 4.79 Å². The SMILES string of the molecule is CC(=O)N[C@H]1CCCC[C@@H]1NP1Oc2cccc3c2C2(CC3(C)C)CC(C)(C)c3cccc(c32)O1. The predicted molar refractivity (Wildman–Crippen MR) is 140 cm³/mol. The Morgan fingerprint density at radius 1 is 0.857 bits per heavy atom. The van der Waals surface area contributed by atoms with Gasteiger partial charge in [0.1, 0.15) is 11.5 Å². The van der Waals surface area contributed by atoms with Crippen LogP contribution in [-0.4, -0.2) is 18.0 Å². The van der Waals surface area contributed by atoms with Gasteiger partial charge in [-0.05, 0) is 59.8 Å². The summed E-state index contributed by atoms with van der Waals surface area (Å²) >= 11 is 0. The van der Waals surface area contributed by atoms with E-state index in [1.54, 1.807) is 6.92 Å². The minimum absolute atomic E-state index is 0.0204. The fraction of sp³-hybridized carbons (Fsp3) is 0.552. The van der Waals surface area contributed by atoms with Gasteiger partial charge in [0.25, 0.3) is 0 Å². The third-order valence-electron chi connectivity index (χ3n) is 8.74. The molecule has 1 spiro atoms. The Morgan fingerprint density at radius 3 is 1.89 bits per heavy atom. The second kappa shape index (κ2) is 7.95. The van der Waals surface area contributed by atoms with Crippen LogP contribution >= 0.6 is 8.53 Å². The molecule has 35 heavy (non-hydrogen) atoms. The molecular formula is C29H37N2O3P. The number of nitrogens with one attached hydrogen (secondary N) is 2. The Hall–Kier alpha value is -2.10. The summed E-state index contributed by atoms with van der Waals surface area (Å²) in [6.07, 6.45) is 6.38. The van der Waals surface area contributed by atoms with E-state index in [-0.39, 0.29) is 34.2 Å². The van der Waals surface area contributed by atoms with Crippen molar-refractivity contribution in [1.82, 2.24) is 10.4 Å². The summed E-state index contributed by atoms with van der Waals surface area (Å²) in [5.41, 5.74) is 5.54. The van der Waals surface area contributed by atoms with Crippen LogP contribution in [0.1, 0.15) is 95.4 Å². The largest absolute Gasteiger partial charge is 0.427 e. The predicted octanol–water partition coefficient (Wildman–Crippen LogP) is 6.37. The van der Waals surface area contributed by atoms with Crippen molar-refractivity contribution < 1.29 is 13.8 Å². The molecule has 0 saturated heterocycles. The van der Waals surface area contributed by atoms with E-state index >= 15 is 0 Å². The molecule has 3 aliphatic carbocycles. The van der Waals surface area contributed by atoms with Gasteiger partial charge < -0.3 is 14.4 Å². The van der Waals surface area contributed by atoms with Gasteiger partial charge in [0.05, 0.1) is 0 Å². The molecule has 1 fully saturated rings. The third-order valence-corrected chi connectivity index (χ3v) is 10.0. The van der Waals surface area contributed by atoms with E-state index < -0.39 is 8.53 Å². The second-order valence-corrected chi connectivity index (χ2v) is 13.5. The molecule has 5 nitrogen and oxygen atoms in total. The van der Waals surface area contributed by atoms with Crippen LogP contribution in [0.5, 0.6) is 11.5 Å². The van der Waals surface area contributed by atoms with Crippen LogP contribution in [0.15, 0.2) is 36.4 Å². The number of rotatable bonds is 3. The van der Waals surface area contributed by atoms with Crippen molar-refractivity contribution in [3.63, 3.8) is 0 Å². The summed E-state index contributed by atoms with van der Waals surface area (Å²) < 4.78 is 13.5. The first kappa shape index (κ1) is 23.3. The molecule has 2 atom stereocenters. The van der Waals surface area contributed by atoms with E-state index in [4.69, 9.17) is 9.05 Å². The van der Waals surface area contributed by atoms with Crippen LogP contribution in [0.25, 0.3) is 0 Å². The Morgan fingerprint density at radius 2 is 1.37 bits per heavy atom. The average Bonchev–Trinajstić information content (AvgIpc) is 3.14. The van der Waals surface area contributed by atoms with Gasteiger partial charge in [-0.25, -0.2) is 5.09 Å². The maximum absolute atomic E-state index is 11.9. The molecular weight excluding hydrogens is 455 g/mol. The monoisotopic (exact) mass is 492 g/mol. The molecule has 4 aliphatic rings. The summed E-state index contributed by atoms with van der Waals surface area (Å²) in [4.78, 5) is 11.9. The summed E-state index contributed by atoms with van der Waals surface area (Å²) in [6.45, 7) is 11.1. The van der Waals surface area contributed by atoms with Gasteiger partial charge >= 0.3 is 8.53 Å². The quantitative estimate of drug-likeness (QED) is 0.489. The zero-order valence-corrected chi connectivity index (χ0v) is 22.4. The third kappa shape index (κ3) is 3.61. The van der Waals surface area contributed by atoms with Crippen molar-refractivity contribution in [2.45, 2.75) is 101 Å². The highest BCUT2D eigenvalue weighted by atomic mass is 31.2. The highest BCUT2D eigenvalue weighted by molar-refractivity contribution is 7.45. The zero-order valence-electron chi connectivity index (χ0n) is 21.5. The van der Waals surface area contributed by atoms with E-state index in [9.17, 15) is 4.79 Å². The van der Waals surface area contributed by atoms with Crippen LogP contribution in [0, 0.1) is 0 Å². The average molecular weight is 493 g/mol. The zero-order chi connectivity index (χ0) is 24.6. The van der Waals surface area contributed by atoms with Crippen LogP contribution < -0.4 is 19.5 Å². The van der Waals surface area contributed by atoms with Crippen molar-refractivity contribution in [2.75, 3.05) is 0 Å². The number of carbonyl (C=O) groups excluding carboxylic acids is 1. The molecule has 1 saturated carbocycles. The topological polar surface area (TPSA) is 59.6 Å². The molecule has 2 N–H and O–H groups in total. The molecule has 186 valence electrons. The van der Waals surface area contributed by atoms with Crippen LogP contribution in [0.3, 0.4) is 0 Å². The van der Waals surface area contributed by atoms with E-state index in [1.807, 2.05) is 0 Å². The lowest BCUT2D eigenvalue weighted by Gasteiger charge is -2.37. The highest BCUT2D eigenvalue weighted by Crippen LogP contribution is 2.68. The normalized spacial score (nSPS) is 27.0. The number of carbonyl (C=O) groups is 1. The summed E-state index contributed by atoms with van der Waals surface area (Å²) in [5.74, 6) is 1.93. The summed E-state index contributed by atoms with van der Waals surface area (Å²) in [7, 11) is -1.44. The van der Waals surface area contributed by atoms with Crippen molar-refractivity contribution in [1.29, 1.82) is 0 Å². The first-order valence-electron chi connectivity index (χ1n) is 13.1. The first-order chi connectivity index (χ1) is 16.6. The summed E-state index contributed by atoms with van der Waals surface area (Å²) in [5, 5.41) is 6.88. The van der Waals surface area contributed by atoms with Gasteiger partial charge in [-0.15, -0.1) is 0 Å². The lowest BCUT2D eigenvalue weighted by atomic mass is 9.72. The highest BCUT2D eigenvalue weighted by Gasteiger charge is 2.59. The number of hydrogen-bond acceptors (Lipinski definition) is 4. The van der Waals surface area contributed by atoms with Crippen LogP contribution in [0.2, 0.25) is 0 Å². The van der Waals surface area contributed by atoms with Crippen LogP contribution in [-0.2, 0) is 21.0 Å². The molecule has 0 aromatic heterocycles. The van der Waals surface area contributed by atoms with Gasteiger partial charge in [0, 0.05) is 35.5 Å². The molecule has 1 heterocycles.